The highest BCUT2D eigenvalue weighted by Crippen LogP contribution is 2.13. The molecule has 0 saturated carbocycles. The van der Waals surface area contributed by atoms with Crippen molar-refractivity contribution < 1.29 is 18.0 Å². The zero-order valence-electron chi connectivity index (χ0n) is 11.8. The van der Waals surface area contributed by atoms with Crippen LogP contribution in [0.5, 0.6) is 0 Å². The van der Waals surface area contributed by atoms with Crippen molar-refractivity contribution in [2.24, 2.45) is 0 Å². The van der Waals surface area contributed by atoms with Crippen molar-refractivity contribution in [3.63, 3.8) is 0 Å². The number of sulfone groups is 1. The van der Waals surface area contributed by atoms with Crippen LogP contribution in [0.3, 0.4) is 0 Å². The zero-order chi connectivity index (χ0) is 15.9. The molecule has 0 aromatic heterocycles. The molecule has 1 aromatic rings. The van der Waals surface area contributed by atoms with Crippen LogP contribution in [0.15, 0.2) is 28.7 Å². The molecule has 0 atom stereocenters. The summed E-state index contributed by atoms with van der Waals surface area (Å²) in [5, 5.41) is 2.52. The second-order valence-electron chi connectivity index (χ2n) is 4.76. The van der Waals surface area contributed by atoms with E-state index in [0.717, 1.165) is 10.7 Å². The van der Waals surface area contributed by atoms with E-state index < -0.39 is 9.84 Å². The highest BCUT2D eigenvalue weighted by atomic mass is 79.9. The molecule has 0 fully saturated rings. The fraction of sp³-hybridized carbons (Fsp3) is 0.429. The molecule has 0 aliphatic heterocycles. The van der Waals surface area contributed by atoms with E-state index in [2.05, 4.69) is 21.2 Å². The van der Waals surface area contributed by atoms with Crippen LogP contribution >= 0.6 is 15.9 Å². The molecule has 1 amide bonds. The lowest BCUT2D eigenvalue weighted by molar-refractivity contribution is -0.121. The quantitative estimate of drug-likeness (QED) is 0.704. The molecule has 0 aliphatic carbocycles. The Morgan fingerprint density at radius 2 is 1.76 bits per heavy atom. The van der Waals surface area contributed by atoms with Gasteiger partial charge in [-0.05, 0) is 18.6 Å². The number of amides is 1. The molecule has 1 rings (SSSR count). The maximum atomic E-state index is 11.9. The summed E-state index contributed by atoms with van der Waals surface area (Å²) in [6.45, 7) is 0.109. The molecule has 0 heterocycles. The minimum atomic E-state index is -3.07. The number of hydrogen-bond acceptors (Lipinski definition) is 4. The summed E-state index contributed by atoms with van der Waals surface area (Å²) in [6.07, 6.45) is 2.07. The van der Waals surface area contributed by atoms with Crippen molar-refractivity contribution in [2.45, 2.75) is 19.3 Å². The second kappa shape index (κ2) is 8.29. The molecule has 0 saturated heterocycles. The smallest absolute Gasteiger partial charge is 0.220 e. The van der Waals surface area contributed by atoms with Crippen molar-refractivity contribution in [1.82, 2.24) is 5.32 Å². The van der Waals surface area contributed by atoms with E-state index in [1.165, 1.54) is 0 Å². The maximum absolute atomic E-state index is 11.9. The Bertz CT molecular complexity index is 596. The van der Waals surface area contributed by atoms with E-state index >= 15 is 0 Å². The molecule has 5 nitrogen and oxygen atoms in total. The first-order valence-corrected chi connectivity index (χ1v) is 9.36. The van der Waals surface area contributed by atoms with Crippen molar-refractivity contribution in [3.05, 3.63) is 34.3 Å². The first-order chi connectivity index (χ1) is 9.78. The van der Waals surface area contributed by atoms with Crippen molar-refractivity contribution in [3.8, 4) is 0 Å². The number of halogens is 1. The van der Waals surface area contributed by atoms with Gasteiger partial charge in [0.25, 0.3) is 0 Å². The maximum Gasteiger partial charge on any atom is 0.220 e. The van der Waals surface area contributed by atoms with E-state index in [0.29, 0.717) is 18.4 Å². The predicted octanol–water partition coefficient (Wildman–Crippen LogP) is 1.96. The molecule has 7 heteroatoms. The minimum absolute atomic E-state index is 0.00793. The van der Waals surface area contributed by atoms with Crippen molar-refractivity contribution >= 4 is 37.5 Å². The van der Waals surface area contributed by atoms with Crippen LogP contribution in [0.4, 0.5) is 0 Å². The van der Waals surface area contributed by atoms with Gasteiger partial charge < -0.3 is 5.32 Å². The Balaban J connectivity index is 2.25. The number of carbonyl (C=O) groups is 2. The van der Waals surface area contributed by atoms with E-state index in [9.17, 15) is 18.0 Å². The van der Waals surface area contributed by atoms with Crippen molar-refractivity contribution in [2.75, 3.05) is 18.6 Å². The number of rotatable bonds is 8. The van der Waals surface area contributed by atoms with Crippen LogP contribution in [0.2, 0.25) is 0 Å². The Hall–Kier alpha value is -1.21. The highest BCUT2D eigenvalue weighted by Gasteiger charge is 2.08. The van der Waals surface area contributed by atoms with Crippen LogP contribution in [0, 0.1) is 0 Å². The van der Waals surface area contributed by atoms with Gasteiger partial charge in [-0.2, -0.15) is 0 Å². The topological polar surface area (TPSA) is 80.3 Å². The molecule has 1 N–H and O–H groups in total. The van der Waals surface area contributed by atoms with Crippen LogP contribution < -0.4 is 5.32 Å². The molecular weight excluding hydrogens is 358 g/mol. The van der Waals surface area contributed by atoms with Gasteiger partial charge in [-0.3, -0.25) is 9.59 Å². The number of Topliss-reactive ketones (excluding diaryl/α,β-unsaturated/α-hetero) is 1. The summed E-state index contributed by atoms with van der Waals surface area (Å²) in [5.41, 5.74) is 0.621. The Morgan fingerprint density at radius 1 is 1.14 bits per heavy atom. The van der Waals surface area contributed by atoms with Gasteiger partial charge in [-0.15, -0.1) is 0 Å². The molecule has 0 radical (unpaired) electrons. The number of carbonyl (C=O) groups excluding carboxylic acids is 2. The average Bonchev–Trinajstić information content (AvgIpc) is 2.37. The molecular formula is C14H18BrNO4S. The molecule has 116 valence electrons. The second-order valence-corrected chi connectivity index (χ2v) is 7.94. The molecule has 0 spiro atoms. The predicted molar refractivity (Wildman–Crippen MR) is 85.0 cm³/mol. The van der Waals surface area contributed by atoms with Crippen molar-refractivity contribution in [1.29, 1.82) is 0 Å². The molecule has 1 aromatic carbocycles. The molecule has 0 bridgehead atoms. The summed E-state index contributed by atoms with van der Waals surface area (Å²) < 4.78 is 22.7. The van der Waals surface area contributed by atoms with Gasteiger partial charge in [-0.1, -0.05) is 28.1 Å². The lowest BCUT2D eigenvalue weighted by Crippen LogP contribution is -2.28. The minimum Gasteiger partial charge on any atom is -0.355 e. The standard InChI is InChI=1S/C14H18BrNO4S/c1-21(19,20)10-9-16-14(18)4-2-3-13(17)11-5-7-12(15)8-6-11/h5-8H,2-4,9-10H2,1H3,(H,16,18). The summed E-state index contributed by atoms with van der Waals surface area (Å²) in [4.78, 5) is 23.3. The van der Waals surface area contributed by atoms with E-state index in [-0.39, 0.29) is 30.4 Å². The number of hydrogen-bond donors (Lipinski definition) is 1. The van der Waals surface area contributed by atoms with Crippen LogP contribution in [-0.4, -0.2) is 38.7 Å². The van der Waals surface area contributed by atoms with Crippen LogP contribution in [-0.2, 0) is 14.6 Å². The van der Waals surface area contributed by atoms with Gasteiger partial charge in [0, 0.05) is 35.7 Å². The Kier molecular flexibility index (Phi) is 7.04. The normalized spacial score (nSPS) is 11.1. The first kappa shape index (κ1) is 17.8. The third-order valence-corrected chi connectivity index (χ3v) is 4.24. The summed E-state index contributed by atoms with van der Waals surface area (Å²) in [5.74, 6) is -0.315. The third kappa shape index (κ3) is 7.96. The monoisotopic (exact) mass is 375 g/mol. The fourth-order valence-corrected chi connectivity index (χ4v) is 2.39. The third-order valence-electron chi connectivity index (χ3n) is 2.77. The van der Waals surface area contributed by atoms with Gasteiger partial charge in [-0.25, -0.2) is 8.42 Å². The Labute approximate surface area is 133 Å². The largest absolute Gasteiger partial charge is 0.355 e. The van der Waals surface area contributed by atoms with E-state index in [1.807, 2.05) is 0 Å². The average molecular weight is 376 g/mol. The Morgan fingerprint density at radius 3 is 2.33 bits per heavy atom. The lowest BCUT2D eigenvalue weighted by Gasteiger charge is -2.04. The zero-order valence-corrected chi connectivity index (χ0v) is 14.2. The fourth-order valence-electron chi connectivity index (χ4n) is 1.65. The van der Waals surface area contributed by atoms with E-state index in [4.69, 9.17) is 0 Å². The number of ketones is 1. The SMILES string of the molecule is CS(=O)(=O)CCNC(=O)CCCC(=O)c1ccc(Br)cc1. The molecule has 21 heavy (non-hydrogen) atoms. The number of nitrogens with one attached hydrogen (secondary N) is 1. The van der Waals surface area contributed by atoms with Gasteiger partial charge >= 0.3 is 0 Å². The van der Waals surface area contributed by atoms with Gasteiger partial charge in [0.15, 0.2) is 5.78 Å². The van der Waals surface area contributed by atoms with E-state index in [1.54, 1.807) is 24.3 Å². The van der Waals surface area contributed by atoms with Gasteiger partial charge in [0.05, 0.1) is 5.75 Å². The molecule has 0 aliphatic rings. The summed E-state index contributed by atoms with van der Waals surface area (Å²) in [6, 6.07) is 7.06. The highest BCUT2D eigenvalue weighted by molar-refractivity contribution is 9.10. The number of benzene rings is 1. The lowest BCUT2D eigenvalue weighted by atomic mass is 10.1. The first-order valence-electron chi connectivity index (χ1n) is 6.51. The summed E-state index contributed by atoms with van der Waals surface area (Å²) >= 11 is 3.30. The van der Waals surface area contributed by atoms with Gasteiger partial charge in [0.1, 0.15) is 9.84 Å². The summed E-state index contributed by atoms with van der Waals surface area (Å²) in [7, 11) is -3.07. The van der Waals surface area contributed by atoms with Crippen LogP contribution in [0.25, 0.3) is 0 Å². The van der Waals surface area contributed by atoms with Crippen LogP contribution in [0.1, 0.15) is 29.6 Å². The van der Waals surface area contributed by atoms with Gasteiger partial charge in [0.2, 0.25) is 5.91 Å². The molecule has 0 unspecified atom stereocenters.